The number of hydrogen-bond donors (Lipinski definition) is 1. The van der Waals surface area contributed by atoms with Gasteiger partial charge in [-0.2, -0.15) is 8.42 Å². The summed E-state index contributed by atoms with van der Waals surface area (Å²) in [7, 11) is -4.28. The fraction of sp³-hybridized carbons (Fsp3) is 0.400. The first-order chi connectivity index (χ1) is 14.6. The maximum atomic E-state index is 13.1. The van der Waals surface area contributed by atoms with Gasteiger partial charge in [0, 0.05) is 48.5 Å². The van der Waals surface area contributed by atoms with Crippen molar-refractivity contribution in [3.63, 3.8) is 0 Å². The zero-order chi connectivity index (χ0) is 22.6. The second-order valence-electron chi connectivity index (χ2n) is 7.43. The lowest BCUT2D eigenvalue weighted by Crippen LogP contribution is -2.54. The summed E-state index contributed by atoms with van der Waals surface area (Å²) in [6, 6.07) is 7.78. The second kappa shape index (κ2) is 10.0. The summed E-state index contributed by atoms with van der Waals surface area (Å²) in [6.07, 6.45) is 1.42. The van der Waals surface area contributed by atoms with E-state index in [1.165, 1.54) is 24.4 Å². The standard InChI is InChI=1S/C20H23BrFN3O5S/c1-14-10-24(11-15-2-4-18(22)5-3-15)6-7-25(14)19(26)12-30-20-16(13-31(27,28)29)8-17(21)9-23-20/h2-5,8-9,14H,6-7,10-13H2,1H3,(H,27,28,29)/t14-/m1/s1. The fourth-order valence-electron chi connectivity index (χ4n) is 3.51. The van der Waals surface area contributed by atoms with Gasteiger partial charge in [-0.3, -0.25) is 14.2 Å². The molecule has 1 saturated heterocycles. The van der Waals surface area contributed by atoms with Crippen LogP contribution in [0.15, 0.2) is 41.0 Å². The molecule has 0 aliphatic carbocycles. The number of benzene rings is 1. The molecule has 0 saturated carbocycles. The first kappa shape index (κ1) is 23.6. The number of pyridine rings is 1. The van der Waals surface area contributed by atoms with Crippen LogP contribution in [-0.4, -0.2) is 65.9 Å². The number of ether oxygens (including phenoxy) is 1. The summed E-state index contributed by atoms with van der Waals surface area (Å²) in [6.45, 7) is 4.15. The van der Waals surface area contributed by atoms with Crippen LogP contribution in [0.1, 0.15) is 18.1 Å². The molecule has 2 aromatic rings. The highest BCUT2D eigenvalue weighted by Gasteiger charge is 2.28. The highest BCUT2D eigenvalue weighted by Crippen LogP contribution is 2.22. The molecule has 8 nitrogen and oxygen atoms in total. The van der Waals surface area contributed by atoms with Crippen molar-refractivity contribution < 1.29 is 26.9 Å². The minimum absolute atomic E-state index is 0.0169. The molecule has 1 amide bonds. The number of carbonyl (C=O) groups is 1. The molecule has 1 aliphatic rings. The molecular formula is C20H23BrFN3O5S. The maximum absolute atomic E-state index is 13.1. The van der Waals surface area contributed by atoms with E-state index in [-0.39, 0.29) is 35.8 Å². The number of piperazine rings is 1. The van der Waals surface area contributed by atoms with Gasteiger partial charge in [-0.25, -0.2) is 9.37 Å². The van der Waals surface area contributed by atoms with Crippen LogP contribution < -0.4 is 4.74 Å². The molecule has 1 fully saturated rings. The highest BCUT2D eigenvalue weighted by atomic mass is 79.9. The van der Waals surface area contributed by atoms with Crippen molar-refractivity contribution in [2.24, 2.45) is 0 Å². The number of carbonyl (C=O) groups excluding carboxylic acids is 1. The molecule has 1 N–H and O–H groups in total. The Morgan fingerprint density at radius 2 is 2.03 bits per heavy atom. The molecule has 1 aliphatic heterocycles. The first-order valence-corrected chi connectivity index (χ1v) is 12.0. The maximum Gasteiger partial charge on any atom is 0.269 e. The Balaban J connectivity index is 1.56. The molecule has 1 atom stereocenters. The van der Waals surface area contributed by atoms with Crippen LogP contribution in [0.3, 0.4) is 0 Å². The van der Waals surface area contributed by atoms with Gasteiger partial charge in [0.15, 0.2) is 6.61 Å². The molecule has 31 heavy (non-hydrogen) atoms. The van der Waals surface area contributed by atoms with Gasteiger partial charge in [0.05, 0.1) is 0 Å². The van der Waals surface area contributed by atoms with E-state index in [1.54, 1.807) is 17.0 Å². The average Bonchev–Trinajstić information content (AvgIpc) is 2.68. The first-order valence-electron chi connectivity index (χ1n) is 9.59. The monoisotopic (exact) mass is 515 g/mol. The van der Waals surface area contributed by atoms with Gasteiger partial charge in [-0.05, 0) is 46.6 Å². The van der Waals surface area contributed by atoms with E-state index in [0.717, 1.165) is 5.56 Å². The normalized spacial score (nSPS) is 17.5. The van der Waals surface area contributed by atoms with Crippen LogP contribution in [-0.2, 0) is 27.2 Å². The lowest BCUT2D eigenvalue weighted by Gasteiger charge is -2.39. The van der Waals surface area contributed by atoms with E-state index in [0.29, 0.717) is 30.7 Å². The van der Waals surface area contributed by atoms with Crippen LogP contribution in [0.25, 0.3) is 0 Å². The molecule has 3 rings (SSSR count). The minimum Gasteiger partial charge on any atom is -0.467 e. The van der Waals surface area contributed by atoms with Gasteiger partial charge in [0.1, 0.15) is 11.6 Å². The highest BCUT2D eigenvalue weighted by molar-refractivity contribution is 9.10. The number of nitrogens with zero attached hydrogens (tertiary/aromatic N) is 3. The van der Waals surface area contributed by atoms with E-state index in [9.17, 15) is 17.6 Å². The molecule has 0 spiro atoms. The van der Waals surface area contributed by atoms with Crippen molar-refractivity contribution in [3.05, 3.63) is 57.9 Å². The summed E-state index contributed by atoms with van der Waals surface area (Å²) < 4.78 is 50.7. The van der Waals surface area contributed by atoms with Crippen molar-refractivity contribution in [3.8, 4) is 5.88 Å². The summed E-state index contributed by atoms with van der Waals surface area (Å²) in [5.41, 5.74) is 1.16. The quantitative estimate of drug-likeness (QED) is 0.565. The Morgan fingerprint density at radius 3 is 2.68 bits per heavy atom. The van der Waals surface area contributed by atoms with E-state index in [2.05, 4.69) is 25.8 Å². The van der Waals surface area contributed by atoms with Crippen LogP contribution in [0.4, 0.5) is 4.39 Å². The van der Waals surface area contributed by atoms with Crippen LogP contribution >= 0.6 is 15.9 Å². The van der Waals surface area contributed by atoms with E-state index < -0.39 is 15.9 Å². The van der Waals surface area contributed by atoms with Crippen molar-refractivity contribution in [1.82, 2.24) is 14.8 Å². The smallest absolute Gasteiger partial charge is 0.269 e. The molecule has 1 aromatic carbocycles. The summed E-state index contributed by atoms with van der Waals surface area (Å²) in [4.78, 5) is 20.6. The van der Waals surface area contributed by atoms with Crippen LogP contribution in [0.2, 0.25) is 0 Å². The molecule has 0 unspecified atom stereocenters. The number of rotatable bonds is 7. The topological polar surface area (TPSA) is 100 Å². The number of hydrogen-bond acceptors (Lipinski definition) is 6. The summed E-state index contributed by atoms with van der Waals surface area (Å²) in [5, 5.41) is 0. The lowest BCUT2D eigenvalue weighted by molar-refractivity contribution is -0.138. The molecule has 0 bridgehead atoms. The lowest BCUT2D eigenvalue weighted by atomic mass is 10.1. The third-order valence-corrected chi connectivity index (χ3v) is 6.02. The average molecular weight is 516 g/mol. The van der Waals surface area contributed by atoms with E-state index in [4.69, 9.17) is 9.29 Å². The minimum atomic E-state index is -4.28. The Labute approximate surface area is 188 Å². The Kier molecular flexibility index (Phi) is 7.63. The predicted octanol–water partition coefficient (Wildman–Crippen LogP) is 2.48. The Morgan fingerprint density at radius 1 is 1.32 bits per heavy atom. The fourth-order valence-corrected chi connectivity index (χ4v) is 4.49. The largest absolute Gasteiger partial charge is 0.467 e. The predicted molar refractivity (Wildman–Crippen MR) is 116 cm³/mol. The van der Waals surface area contributed by atoms with Gasteiger partial charge in [-0.15, -0.1) is 0 Å². The molecular weight excluding hydrogens is 493 g/mol. The van der Waals surface area contributed by atoms with Crippen molar-refractivity contribution >= 4 is 32.0 Å². The van der Waals surface area contributed by atoms with Crippen LogP contribution in [0.5, 0.6) is 5.88 Å². The summed E-state index contributed by atoms with van der Waals surface area (Å²) >= 11 is 3.19. The van der Waals surface area contributed by atoms with Gasteiger partial charge in [-0.1, -0.05) is 12.1 Å². The molecule has 2 heterocycles. The number of aromatic nitrogens is 1. The second-order valence-corrected chi connectivity index (χ2v) is 9.80. The Bertz CT molecular complexity index is 1040. The molecule has 168 valence electrons. The zero-order valence-electron chi connectivity index (χ0n) is 16.9. The van der Waals surface area contributed by atoms with E-state index >= 15 is 0 Å². The number of amides is 1. The SMILES string of the molecule is C[C@@H]1CN(Cc2ccc(F)cc2)CCN1C(=O)COc1ncc(Br)cc1CS(=O)(=O)O. The zero-order valence-corrected chi connectivity index (χ0v) is 19.3. The van der Waals surface area contributed by atoms with Crippen LogP contribution in [0, 0.1) is 5.82 Å². The van der Waals surface area contributed by atoms with Gasteiger partial charge in [0.25, 0.3) is 16.0 Å². The number of halogens is 2. The van der Waals surface area contributed by atoms with Gasteiger partial charge < -0.3 is 9.64 Å². The van der Waals surface area contributed by atoms with E-state index in [1.807, 2.05) is 6.92 Å². The van der Waals surface area contributed by atoms with Crippen molar-refractivity contribution in [1.29, 1.82) is 0 Å². The molecule has 11 heteroatoms. The molecule has 0 radical (unpaired) electrons. The summed E-state index contributed by atoms with van der Waals surface area (Å²) in [5.74, 6) is -1.19. The Hall–Kier alpha value is -2.08. The third-order valence-electron chi connectivity index (χ3n) is 4.91. The van der Waals surface area contributed by atoms with Crippen molar-refractivity contribution in [2.75, 3.05) is 26.2 Å². The third kappa shape index (κ3) is 6.96. The van der Waals surface area contributed by atoms with Gasteiger partial charge >= 0.3 is 0 Å². The van der Waals surface area contributed by atoms with Crippen molar-refractivity contribution in [2.45, 2.75) is 25.3 Å². The van der Waals surface area contributed by atoms with Gasteiger partial charge in [0.2, 0.25) is 5.88 Å². The molecule has 1 aromatic heterocycles.